The van der Waals surface area contributed by atoms with E-state index in [1.807, 2.05) is 55.5 Å². The second kappa shape index (κ2) is 9.57. The van der Waals surface area contributed by atoms with E-state index in [2.05, 4.69) is 20.8 Å². The average molecular weight is 421 g/mol. The van der Waals surface area contributed by atoms with E-state index in [1.54, 1.807) is 33.2 Å². The third-order valence-electron chi connectivity index (χ3n) is 4.65. The number of pyridine rings is 1. The number of aryl methyl sites for hydroxylation is 1. The van der Waals surface area contributed by atoms with E-state index in [1.165, 1.54) is 0 Å². The van der Waals surface area contributed by atoms with Crippen molar-refractivity contribution in [2.24, 2.45) is 4.99 Å². The number of amides is 1. The number of carbonyl (C=O) groups excluding carboxylic acids is 1. The van der Waals surface area contributed by atoms with Crippen LogP contribution < -0.4 is 10.8 Å². The standard InChI is InChI=1S/C24H28N4O3/c1-16-5-7-17(8-6-16)21(15-26-23(29)31-24(2,3)4)22(28-30)27-20-10-9-19-14-25-12-11-18(19)13-20/h5-14,21,30H,15H2,1-4H3,(H,26,29)(H,27,28)/t21-/m1/s1. The van der Waals surface area contributed by atoms with E-state index >= 15 is 0 Å². The lowest BCUT2D eigenvalue weighted by Crippen LogP contribution is -2.39. The van der Waals surface area contributed by atoms with E-state index in [0.29, 0.717) is 11.5 Å². The number of fused-ring (bicyclic) bond motifs is 1. The monoisotopic (exact) mass is 420 g/mol. The van der Waals surface area contributed by atoms with Crippen LogP contribution in [-0.4, -0.2) is 34.3 Å². The fourth-order valence-corrected chi connectivity index (χ4v) is 3.13. The highest BCUT2D eigenvalue weighted by Gasteiger charge is 2.22. The Labute approximate surface area is 182 Å². The SMILES string of the molecule is Cc1ccc([C@@H](CNC(=O)OC(C)(C)C)C(=Nc2ccc3cnccc3c2)NO)cc1. The number of alkyl carbamates (subject to hydrolysis) is 1. The van der Waals surface area contributed by atoms with Gasteiger partial charge in [0.2, 0.25) is 0 Å². The third-order valence-corrected chi connectivity index (χ3v) is 4.65. The molecule has 3 rings (SSSR count). The number of nitrogens with zero attached hydrogens (tertiary/aromatic N) is 2. The lowest BCUT2D eigenvalue weighted by molar-refractivity contribution is 0.0526. The number of benzene rings is 2. The molecule has 0 spiro atoms. The maximum absolute atomic E-state index is 12.2. The first kappa shape index (κ1) is 22.2. The van der Waals surface area contributed by atoms with Crippen LogP contribution in [0.1, 0.15) is 37.8 Å². The molecule has 0 unspecified atom stereocenters. The summed E-state index contributed by atoms with van der Waals surface area (Å²) in [6.07, 6.45) is 2.98. The molecule has 162 valence electrons. The van der Waals surface area contributed by atoms with Gasteiger partial charge in [0, 0.05) is 24.3 Å². The normalized spacial score (nSPS) is 13.0. The van der Waals surface area contributed by atoms with Gasteiger partial charge in [-0.1, -0.05) is 35.9 Å². The molecule has 31 heavy (non-hydrogen) atoms. The molecule has 0 aliphatic carbocycles. The number of hydrogen-bond acceptors (Lipinski definition) is 5. The Bertz CT molecular complexity index is 1070. The first-order chi connectivity index (χ1) is 14.7. The Kier molecular flexibility index (Phi) is 6.87. The van der Waals surface area contributed by atoms with E-state index < -0.39 is 17.6 Å². The minimum absolute atomic E-state index is 0.196. The van der Waals surface area contributed by atoms with Crippen molar-refractivity contribution in [2.45, 2.75) is 39.2 Å². The number of ether oxygens (including phenoxy) is 1. The van der Waals surface area contributed by atoms with Gasteiger partial charge in [0.05, 0.1) is 11.6 Å². The van der Waals surface area contributed by atoms with Crippen molar-refractivity contribution in [3.8, 4) is 0 Å². The van der Waals surface area contributed by atoms with Crippen molar-refractivity contribution in [3.63, 3.8) is 0 Å². The van der Waals surface area contributed by atoms with Gasteiger partial charge in [-0.3, -0.25) is 15.7 Å². The molecule has 1 heterocycles. The van der Waals surface area contributed by atoms with Gasteiger partial charge < -0.3 is 10.1 Å². The number of hydroxylamine groups is 1. The maximum Gasteiger partial charge on any atom is 0.407 e. The fourth-order valence-electron chi connectivity index (χ4n) is 3.13. The van der Waals surface area contributed by atoms with E-state index in [-0.39, 0.29) is 6.54 Å². The molecule has 0 saturated carbocycles. The number of carbonyl (C=O) groups is 1. The quantitative estimate of drug-likeness (QED) is 0.311. The van der Waals surface area contributed by atoms with Crippen LogP contribution in [0.3, 0.4) is 0 Å². The zero-order valence-electron chi connectivity index (χ0n) is 18.2. The summed E-state index contributed by atoms with van der Waals surface area (Å²) in [4.78, 5) is 20.9. The van der Waals surface area contributed by atoms with E-state index in [9.17, 15) is 10.0 Å². The van der Waals surface area contributed by atoms with Gasteiger partial charge in [-0.25, -0.2) is 9.79 Å². The van der Waals surface area contributed by atoms with Crippen LogP contribution in [0, 0.1) is 6.92 Å². The molecule has 0 aliphatic heterocycles. The highest BCUT2D eigenvalue weighted by molar-refractivity contribution is 5.92. The van der Waals surface area contributed by atoms with Gasteiger partial charge in [0.15, 0.2) is 0 Å². The Morgan fingerprint density at radius 2 is 1.87 bits per heavy atom. The maximum atomic E-state index is 12.2. The summed E-state index contributed by atoms with van der Waals surface area (Å²) in [5.41, 5.74) is 4.31. The second-order valence-electron chi connectivity index (χ2n) is 8.36. The van der Waals surface area contributed by atoms with Crippen LogP contribution in [0.5, 0.6) is 0 Å². The summed E-state index contributed by atoms with van der Waals surface area (Å²) >= 11 is 0. The van der Waals surface area contributed by atoms with E-state index in [0.717, 1.165) is 21.9 Å². The molecule has 0 radical (unpaired) electrons. The predicted molar refractivity (Wildman–Crippen MR) is 122 cm³/mol. The van der Waals surface area contributed by atoms with Crippen molar-refractivity contribution in [3.05, 3.63) is 72.1 Å². The van der Waals surface area contributed by atoms with Crippen LogP contribution in [0.4, 0.5) is 10.5 Å². The van der Waals surface area contributed by atoms with Gasteiger partial charge in [0.1, 0.15) is 11.4 Å². The van der Waals surface area contributed by atoms with Crippen molar-refractivity contribution < 1.29 is 14.7 Å². The molecule has 0 saturated heterocycles. The molecule has 0 aliphatic rings. The zero-order valence-corrected chi connectivity index (χ0v) is 18.2. The summed E-state index contributed by atoms with van der Waals surface area (Å²) in [6.45, 7) is 7.62. The summed E-state index contributed by atoms with van der Waals surface area (Å²) < 4.78 is 5.34. The predicted octanol–water partition coefficient (Wildman–Crippen LogP) is 4.86. The van der Waals surface area contributed by atoms with Crippen molar-refractivity contribution >= 4 is 28.4 Å². The molecule has 3 aromatic rings. The van der Waals surface area contributed by atoms with E-state index in [4.69, 9.17) is 4.74 Å². The largest absolute Gasteiger partial charge is 0.444 e. The van der Waals surface area contributed by atoms with Gasteiger partial charge in [-0.05, 0) is 56.8 Å². The number of hydrogen-bond donors (Lipinski definition) is 3. The lowest BCUT2D eigenvalue weighted by atomic mass is 9.96. The molecule has 0 fully saturated rings. The molecule has 1 amide bonds. The van der Waals surface area contributed by atoms with Crippen LogP contribution in [-0.2, 0) is 4.74 Å². The number of aliphatic imine (C=N–C) groups is 1. The minimum atomic E-state index is -0.602. The zero-order chi connectivity index (χ0) is 22.4. The lowest BCUT2D eigenvalue weighted by Gasteiger charge is -2.23. The Morgan fingerprint density at radius 1 is 1.13 bits per heavy atom. The topological polar surface area (TPSA) is 95.8 Å². The minimum Gasteiger partial charge on any atom is -0.444 e. The molecule has 2 aromatic carbocycles. The van der Waals surface area contributed by atoms with Gasteiger partial charge >= 0.3 is 6.09 Å². The number of nitrogens with one attached hydrogen (secondary N) is 2. The Hall–Kier alpha value is -3.45. The van der Waals surface area contributed by atoms with Crippen molar-refractivity contribution in [2.75, 3.05) is 6.54 Å². The third kappa shape index (κ3) is 6.26. The van der Waals surface area contributed by atoms with Crippen LogP contribution in [0.25, 0.3) is 10.8 Å². The highest BCUT2D eigenvalue weighted by Crippen LogP contribution is 2.24. The van der Waals surface area contributed by atoms with Crippen molar-refractivity contribution in [1.29, 1.82) is 0 Å². The molecule has 7 nitrogen and oxygen atoms in total. The second-order valence-corrected chi connectivity index (χ2v) is 8.36. The Balaban J connectivity index is 1.91. The fraction of sp³-hybridized carbons (Fsp3) is 0.292. The molecule has 1 atom stereocenters. The summed E-state index contributed by atoms with van der Waals surface area (Å²) in [5, 5.41) is 14.7. The van der Waals surface area contributed by atoms with Crippen LogP contribution in [0.2, 0.25) is 0 Å². The Morgan fingerprint density at radius 3 is 2.55 bits per heavy atom. The summed E-state index contributed by atoms with van der Waals surface area (Å²) in [5.74, 6) is -0.0976. The first-order valence-corrected chi connectivity index (χ1v) is 10.1. The van der Waals surface area contributed by atoms with Gasteiger partial charge in [0.25, 0.3) is 0 Å². The van der Waals surface area contributed by atoms with Crippen molar-refractivity contribution in [1.82, 2.24) is 15.8 Å². The summed E-state index contributed by atoms with van der Waals surface area (Å²) in [7, 11) is 0. The molecule has 0 bridgehead atoms. The first-order valence-electron chi connectivity index (χ1n) is 10.1. The summed E-state index contributed by atoms with van der Waals surface area (Å²) in [6, 6.07) is 15.5. The number of amidine groups is 1. The molecular formula is C24H28N4O3. The van der Waals surface area contributed by atoms with Crippen LogP contribution >= 0.6 is 0 Å². The molecule has 1 aromatic heterocycles. The highest BCUT2D eigenvalue weighted by atomic mass is 16.6. The number of rotatable bonds is 5. The smallest absolute Gasteiger partial charge is 0.407 e. The van der Waals surface area contributed by atoms with Gasteiger partial charge in [-0.15, -0.1) is 0 Å². The average Bonchev–Trinajstić information content (AvgIpc) is 2.72. The number of aromatic nitrogens is 1. The molecular weight excluding hydrogens is 392 g/mol. The van der Waals surface area contributed by atoms with Crippen LogP contribution in [0.15, 0.2) is 65.9 Å². The molecule has 3 N–H and O–H groups in total. The molecule has 7 heteroatoms. The van der Waals surface area contributed by atoms with Gasteiger partial charge in [-0.2, -0.15) is 0 Å².